The maximum atomic E-state index is 13.1. The minimum Gasteiger partial charge on any atom is -0.497 e. The van der Waals surface area contributed by atoms with Crippen LogP contribution in [0.4, 0.5) is 13.2 Å². The van der Waals surface area contributed by atoms with Crippen LogP contribution in [0, 0.1) is 0 Å². The van der Waals surface area contributed by atoms with Crippen molar-refractivity contribution in [3.63, 3.8) is 0 Å². The van der Waals surface area contributed by atoms with E-state index in [-0.39, 0.29) is 41.8 Å². The maximum absolute atomic E-state index is 13.1. The number of nitrogens with zero attached hydrogens (tertiary/aromatic N) is 1. The SMILES string of the molecule is CN=C(NCc1ccc(OC)cc1C(F)(F)F)NC1CC1.I. The average molecular weight is 429 g/mol. The van der Waals surface area contributed by atoms with Crippen molar-refractivity contribution in [1.29, 1.82) is 0 Å². The third-order valence-electron chi connectivity index (χ3n) is 3.21. The van der Waals surface area contributed by atoms with Crippen LogP contribution >= 0.6 is 24.0 Å². The van der Waals surface area contributed by atoms with Crippen LogP contribution in [-0.4, -0.2) is 26.2 Å². The number of aliphatic imine (C=N–C) groups is 1. The summed E-state index contributed by atoms with van der Waals surface area (Å²) in [6, 6.07) is 4.32. The topological polar surface area (TPSA) is 45.7 Å². The number of halogens is 4. The normalized spacial score (nSPS) is 15.0. The van der Waals surface area contributed by atoms with Gasteiger partial charge in [0.05, 0.1) is 12.7 Å². The summed E-state index contributed by atoms with van der Waals surface area (Å²) >= 11 is 0. The zero-order valence-corrected chi connectivity index (χ0v) is 14.7. The Morgan fingerprint density at radius 1 is 1.36 bits per heavy atom. The van der Waals surface area contributed by atoms with Crippen molar-refractivity contribution in [1.82, 2.24) is 10.6 Å². The van der Waals surface area contributed by atoms with Crippen molar-refractivity contribution in [2.24, 2.45) is 4.99 Å². The molecule has 0 aromatic heterocycles. The lowest BCUT2D eigenvalue weighted by molar-refractivity contribution is -0.138. The van der Waals surface area contributed by atoms with E-state index in [1.54, 1.807) is 7.05 Å². The highest BCUT2D eigenvalue weighted by Gasteiger charge is 2.33. The van der Waals surface area contributed by atoms with Crippen LogP contribution in [0.15, 0.2) is 23.2 Å². The number of hydrogen-bond acceptors (Lipinski definition) is 2. The summed E-state index contributed by atoms with van der Waals surface area (Å²) in [6.45, 7) is 0.0469. The molecular formula is C14H19F3IN3O. The molecule has 0 spiro atoms. The van der Waals surface area contributed by atoms with Crippen molar-refractivity contribution in [3.05, 3.63) is 29.3 Å². The number of ether oxygens (including phenoxy) is 1. The number of benzene rings is 1. The minimum absolute atomic E-state index is 0. The van der Waals surface area contributed by atoms with Gasteiger partial charge in [-0.1, -0.05) is 6.07 Å². The summed E-state index contributed by atoms with van der Waals surface area (Å²) in [5.41, 5.74) is -0.543. The highest BCUT2D eigenvalue weighted by molar-refractivity contribution is 14.0. The van der Waals surface area contributed by atoms with Gasteiger partial charge in [-0.3, -0.25) is 4.99 Å². The third-order valence-corrected chi connectivity index (χ3v) is 3.21. The first-order valence-corrected chi connectivity index (χ1v) is 6.65. The summed E-state index contributed by atoms with van der Waals surface area (Å²) in [4.78, 5) is 4.00. The number of hydrogen-bond donors (Lipinski definition) is 2. The molecule has 8 heteroatoms. The van der Waals surface area contributed by atoms with Gasteiger partial charge in [-0.25, -0.2) is 0 Å². The Bertz CT molecular complexity index is 531. The van der Waals surface area contributed by atoms with E-state index in [4.69, 9.17) is 4.74 Å². The Morgan fingerprint density at radius 3 is 2.55 bits per heavy atom. The summed E-state index contributed by atoms with van der Waals surface area (Å²) in [6.07, 6.45) is -2.28. The monoisotopic (exact) mass is 429 g/mol. The molecule has 124 valence electrons. The molecular weight excluding hydrogens is 410 g/mol. The van der Waals surface area contributed by atoms with Gasteiger partial charge >= 0.3 is 6.18 Å². The zero-order chi connectivity index (χ0) is 15.5. The third kappa shape index (κ3) is 5.22. The van der Waals surface area contributed by atoms with Crippen LogP contribution in [0.5, 0.6) is 5.75 Å². The predicted molar refractivity (Wildman–Crippen MR) is 89.8 cm³/mol. The molecule has 2 N–H and O–H groups in total. The smallest absolute Gasteiger partial charge is 0.416 e. The average Bonchev–Trinajstić information content (AvgIpc) is 3.26. The fraction of sp³-hybridized carbons (Fsp3) is 0.500. The maximum Gasteiger partial charge on any atom is 0.416 e. The van der Waals surface area contributed by atoms with Gasteiger partial charge in [0.2, 0.25) is 0 Å². The summed E-state index contributed by atoms with van der Waals surface area (Å²) in [7, 11) is 2.94. The lowest BCUT2D eigenvalue weighted by Crippen LogP contribution is -2.38. The fourth-order valence-corrected chi connectivity index (χ4v) is 1.90. The van der Waals surface area contributed by atoms with Crippen molar-refractivity contribution < 1.29 is 17.9 Å². The van der Waals surface area contributed by atoms with Crippen LogP contribution in [0.3, 0.4) is 0 Å². The molecule has 0 unspecified atom stereocenters. The van der Waals surface area contributed by atoms with Gasteiger partial charge in [-0.15, -0.1) is 24.0 Å². The standard InChI is InChI=1S/C14H18F3N3O.HI/c1-18-13(20-10-4-5-10)19-8-9-3-6-11(21-2)7-12(9)14(15,16)17;/h3,6-7,10H,4-5,8H2,1-2H3,(H2,18,19,20);1H. The van der Waals surface area contributed by atoms with Crippen molar-refractivity contribution in [3.8, 4) is 5.75 Å². The molecule has 1 aromatic carbocycles. The van der Waals surface area contributed by atoms with Crippen molar-refractivity contribution >= 4 is 29.9 Å². The minimum atomic E-state index is -4.42. The molecule has 1 aliphatic carbocycles. The Kier molecular flexibility index (Phi) is 6.76. The van der Waals surface area contributed by atoms with E-state index in [9.17, 15) is 13.2 Å². The van der Waals surface area contributed by atoms with Gasteiger partial charge in [-0.2, -0.15) is 13.2 Å². The number of methoxy groups -OCH3 is 1. The van der Waals surface area contributed by atoms with Crippen molar-refractivity contribution in [2.75, 3.05) is 14.2 Å². The van der Waals surface area contributed by atoms with Gasteiger partial charge in [-0.05, 0) is 30.5 Å². The van der Waals surface area contributed by atoms with Crippen LogP contribution in [-0.2, 0) is 12.7 Å². The van der Waals surface area contributed by atoms with E-state index >= 15 is 0 Å². The lowest BCUT2D eigenvalue weighted by Gasteiger charge is -2.16. The molecule has 0 radical (unpaired) electrons. The highest BCUT2D eigenvalue weighted by Crippen LogP contribution is 2.34. The Labute approximate surface area is 144 Å². The Hall–Kier alpha value is -1.19. The quantitative estimate of drug-likeness (QED) is 0.439. The van der Waals surface area contributed by atoms with Crippen LogP contribution in [0.2, 0.25) is 0 Å². The van der Waals surface area contributed by atoms with E-state index in [1.807, 2.05) is 0 Å². The number of rotatable bonds is 4. The lowest BCUT2D eigenvalue weighted by atomic mass is 10.1. The molecule has 1 aromatic rings. The second kappa shape index (κ2) is 7.89. The number of nitrogens with one attached hydrogen (secondary N) is 2. The first-order valence-electron chi connectivity index (χ1n) is 6.65. The molecule has 2 rings (SSSR count). The van der Waals surface area contributed by atoms with E-state index < -0.39 is 11.7 Å². The predicted octanol–water partition coefficient (Wildman–Crippen LogP) is 3.16. The molecule has 0 amide bonds. The zero-order valence-electron chi connectivity index (χ0n) is 12.3. The summed E-state index contributed by atoms with van der Waals surface area (Å²) in [5, 5.41) is 6.03. The number of alkyl halides is 3. The molecule has 0 bridgehead atoms. The fourth-order valence-electron chi connectivity index (χ4n) is 1.90. The van der Waals surface area contributed by atoms with Gasteiger partial charge in [0.15, 0.2) is 5.96 Å². The van der Waals surface area contributed by atoms with E-state index in [0.717, 1.165) is 18.9 Å². The highest BCUT2D eigenvalue weighted by atomic mass is 127. The van der Waals surface area contributed by atoms with E-state index in [1.165, 1.54) is 19.2 Å². The molecule has 1 fully saturated rings. The molecule has 4 nitrogen and oxygen atoms in total. The molecule has 0 atom stereocenters. The van der Waals surface area contributed by atoms with Crippen LogP contribution in [0.25, 0.3) is 0 Å². The van der Waals surface area contributed by atoms with E-state index in [0.29, 0.717) is 12.0 Å². The second-order valence-electron chi connectivity index (χ2n) is 4.87. The molecule has 0 saturated heterocycles. The first kappa shape index (κ1) is 18.9. The second-order valence-corrected chi connectivity index (χ2v) is 4.87. The van der Waals surface area contributed by atoms with Crippen molar-refractivity contribution in [2.45, 2.75) is 31.6 Å². The van der Waals surface area contributed by atoms with Crippen LogP contribution in [0.1, 0.15) is 24.0 Å². The summed E-state index contributed by atoms with van der Waals surface area (Å²) < 4.78 is 44.0. The molecule has 1 aliphatic rings. The van der Waals surface area contributed by atoms with Gasteiger partial charge in [0.1, 0.15) is 5.75 Å². The largest absolute Gasteiger partial charge is 0.497 e. The molecule has 22 heavy (non-hydrogen) atoms. The first-order chi connectivity index (χ1) is 9.94. The van der Waals surface area contributed by atoms with Gasteiger partial charge < -0.3 is 15.4 Å². The van der Waals surface area contributed by atoms with Gasteiger partial charge in [0, 0.05) is 19.6 Å². The number of guanidine groups is 1. The molecule has 0 aliphatic heterocycles. The Morgan fingerprint density at radius 2 is 2.05 bits per heavy atom. The van der Waals surface area contributed by atoms with Gasteiger partial charge in [0.25, 0.3) is 0 Å². The molecule has 1 saturated carbocycles. The van der Waals surface area contributed by atoms with Crippen LogP contribution < -0.4 is 15.4 Å². The van der Waals surface area contributed by atoms with E-state index in [2.05, 4.69) is 15.6 Å². The molecule has 0 heterocycles. The summed E-state index contributed by atoms with van der Waals surface area (Å²) in [5.74, 6) is 0.702. The Balaban J connectivity index is 0.00000242.